The molecule has 2 fully saturated rings. The van der Waals surface area contributed by atoms with Gasteiger partial charge in [-0.05, 0) is 45.2 Å². The van der Waals surface area contributed by atoms with E-state index in [2.05, 4.69) is 71.2 Å². The van der Waals surface area contributed by atoms with Gasteiger partial charge in [-0.3, -0.25) is 14.8 Å². The van der Waals surface area contributed by atoms with E-state index in [-0.39, 0.29) is 0 Å². The van der Waals surface area contributed by atoms with E-state index in [0.717, 1.165) is 77.3 Å². The highest BCUT2D eigenvalue weighted by molar-refractivity contribution is 5.80. The second-order valence-corrected chi connectivity index (χ2v) is 8.79. The van der Waals surface area contributed by atoms with Crippen LogP contribution in [0.4, 0.5) is 0 Å². The zero-order chi connectivity index (χ0) is 21.2. The minimum Gasteiger partial charge on any atom is -0.379 e. The van der Waals surface area contributed by atoms with E-state index in [4.69, 9.17) is 9.73 Å². The number of likely N-dealkylation sites (tertiary alicyclic amines) is 1. The molecule has 0 radical (unpaired) electrons. The summed E-state index contributed by atoms with van der Waals surface area (Å²) >= 11 is 0. The molecule has 2 aliphatic rings. The van der Waals surface area contributed by atoms with E-state index in [0.29, 0.717) is 6.04 Å². The fraction of sp³-hybridized carbons (Fsp3) is 0.708. The normalized spacial score (nSPS) is 21.9. The van der Waals surface area contributed by atoms with Crippen LogP contribution in [0.2, 0.25) is 0 Å². The molecule has 1 aromatic carbocycles. The molecule has 2 atom stereocenters. The second kappa shape index (κ2) is 12.3. The summed E-state index contributed by atoms with van der Waals surface area (Å²) in [7, 11) is 2.21. The molecule has 2 aliphatic heterocycles. The van der Waals surface area contributed by atoms with Gasteiger partial charge in [0.25, 0.3) is 0 Å². The zero-order valence-corrected chi connectivity index (χ0v) is 19.2. The van der Waals surface area contributed by atoms with E-state index in [1.165, 1.54) is 18.5 Å². The maximum absolute atomic E-state index is 5.48. The predicted molar refractivity (Wildman–Crippen MR) is 125 cm³/mol. The van der Waals surface area contributed by atoms with Crippen molar-refractivity contribution in [2.24, 2.45) is 10.9 Å². The fourth-order valence-electron chi connectivity index (χ4n) is 4.35. The molecule has 2 saturated heterocycles. The third-order valence-corrected chi connectivity index (χ3v) is 6.38. The molecule has 1 N–H and O–H groups in total. The minimum absolute atomic E-state index is 0.504. The van der Waals surface area contributed by atoms with Crippen LogP contribution in [-0.4, -0.2) is 92.8 Å². The third kappa shape index (κ3) is 7.25. The van der Waals surface area contributed by atoms with Gasteiger partial charge in [-0.1, -0.05) is 30.3 Å². The summed E-state index contributed by atoms with van der Waals surface area (Å²) in [5.74, 6) is 1.84. The summed E-state index contributed by atoms with van der Waals surface area (Å²) in [6.45, 7) is 14.6. The summed E-state index contributed by atoms with van der Waals surface area (Å²) < 4.78 is 5.48. The molecule has 0 saturated carbocycles. The summed E-state index contributed by atoms with van der Waals surface area (Å²) in [5.41, 5.74) is 1.37. The topological polar surface area (TPSA) is 43.3 Å². The predicted octanol–water partition coefficient (Wildman–Crippen LogP) is 2.52. The maximum Gasteiger partial charge on any atom is 0.193 e. The molecule has 2 heterocycles. The van der Waals surface area contributed by atoms with Crippen LogP contribution < -0.4 is 5.32 Å². The summed E-state index contributed by atoms with van der Waals surface area (Å²) in [6, 6.07) is 11.2. The summed E-state index contributed by atoms with van der Waals surface area (Å²) in [4.78, 5) is 12.4. The number of nitrogens with one attached hydrogen (secondary N) is 1. The van der Waals surface area contributed by atoms with E-state index in [9.17, 15) is 0 Å². The highest BCUT2D eigenvalue weighted by atomic mass is 16.5. The maximum atomic E-state index is 5.48. The number of guanidine groups is 1. The van der Waals surface area contributed by atoms with Crippen molar-refractivity contribution in [1.82, 2.24) is 20.0 Å². The number of nitrogens with zero attached hydrogens (tertiary/aromatic N) is 4. The van der Waals surface area contributed by atoms with E-state index < -0.39 is 0 Å². The van der Waals surface area contributed by atoms with Crippen molar-refractivity contribution in [1.29, 1.82) is 0 Å². The fourth-order valence-corrected chi connectivity index (χ4v) is 4.35. The number of rotatable bonds is 9. The molecule has 0 aromatic heterocycles. The molecule has 0 bridgehead atoms. The Hall–Kier alpha value is -1.63. The number of hydrogen-bond acceptors (Lipinski definition) is 4. The van der Waals surface area contributed by atoms with Crippen molar-refractivity contribution in [2.45, 2.75) is 39.3 Å². The average Bonchev–Trinajstić information content (AvgIpc) is 3.22. The van der Waals surface area contributed by atoms with Crippen LogP contribution in [0.5, 0.6) is 0 Å². The largest absolute Gasteiger partial charge is 0.379 e. The van der Waals surface area contributed by atoms with Crippen molar-refractivity contribution < 1.29 is 4.74 Å². The van der Waals surface area contributed by atoms with Gasteiger partial charge in [0.2, 0.25) is 0 Å². The van der Waals surface area contributed by atoms with Gasteiger partial charge in [0.05, 0.1) is 13.2 Å². The standard InChI is InChI=1S/C24H41N5O/c1-4-25-24(29-13-11-23(20-29)19-28-14-16-30-17-15-28)26-12-10-21(2)27(3)18-22-8-6-5-7-9-22/h5-9,21,23H,4,10-20H2,1-3H3,(H,25,26). The number of hydrogen-bond donors (Lipinski definition) is 1. The van der Waals surface area contributed by atoms with Crippen molar-refractivity contribution in [2.75, 3.05) is 66.1 Å². The molecule has 0 aliphatic carbocycles. The molecule has 30 heavy (non-hydrogen) atoms. The number of ether oxygens (including phenoxy) is 1. The van der Waals surface area contributed by atoms with Crippen LogP contribution in [-0.2, 0) is 11.3 Å². The van der Waals surface area contributed by atoms with Gasteiger partial charge in [0.15, 0.2) is 5.96 Å². The first-order valence-electron chi connectivity index (χ1n) is 11.7. The van der Waals surface area contributed by atoms with Crippen LogP contribution in [0.1, 0.15) is 32.3 Å². The van der Waals surface area contributed by atoms with E-state index in [1.54, 1.807) is 0 Å². The molecule has 6 nitrogen and oxygen atoms in total. The van der Waals surface area contributed by atoms with Gasteiger partial charge >= 0.3 is 0 Å². The van der Waals surface area contributed by atoms with Gasteiger partial charge in [-0.25, -0.2) is 0 Å². The molecule has 3 rings (SSSR count). The highest BCUT2D eigenvalue weighted by Gasteiger charge is 2.27. The van der Waals surface area contributed by atoms with Crippen LogP contribution in [0.3, 0.4) is 0 Å². The van der Waals surface area contributed by atoms with Crippen LogP contribution in [0.15, 0.2) is 35.3 Å². The number of aliphatic imine (C=N–C) groups is 1. The molecule has 168 valence electrons. The van der Waals surface area contributed by atoms with Crippen molar-refractivity contribution in [3.05, 3.63) is 35.9 Å². The lowest BCUT2D eigenvalue weighted by Crippen LogP contribution is -2.42. The van der Waals surface area contributed by atoms with Gasteiger partial charge < -0.3 is 15.0 Å². The molecule has 0 spiro atoms. The molecule has 6 heteroatoms. The molecule has 2 unspecified atom stereocenters. The van der Waals surface area contributed by atoms with Crippen LogP contribution in [0, 0.1) is 5.92 Å². The third-order valence-electron chi connectivity index (χ3n) is 6.38. The Bertz CT molecular complexity index is 632. The quantitative estimate of drug-likeness (QED) is 0.496. The highest BCUT2D eigenvalue weighted by Crippen LogP contribution is 2.18. The summed E-state index contributed by atoms with van der Waals surface area (Å²) in [5, 5.41) is 3.52. The van der Waals surface area contributed by atoms with Crippen LogP contribution in [0.25, 0.3) is 0 Å². The monoisotopic (exact) mass is 415 g/mol. The van der Waals surface area contributed by atoms with Crippen molar-refractivity contribution in [3.8, 4) is 0 Å². The van der Waals surface area contributed by atoms with Gasteiger partial charge in [-0.2, -0.15) is 0 Å². The van der Waals surface area contributed by atoms with Gasteiger partial charge in [0, 0.05) is 58.4 Å². The number of morpholine rings is 1. The van der Waals surface area contributed by atoms with E-state index >= 15 is 0 Å². The Morgan fingerprint density at radius 2 is 2.00 bits per heavy atom. The van der Waals surface area contributed by atoms with Crippen molar-refractivity contribution >= 4 is 5.96 Å². The number of benzene rings is 1. The van der Waals surface area contributed by atoms with Gasteiger partial charge in [-0.15, -0.1) is 0 Å². The zero-order valence-electron chi connectivity index (χ0n) is 19.2. The SMILES string of the molecule is CCNC(=NCCC(C)N(C)Cc1ccccc1)N1CCC(CN2CCOCC2)C1. The Labute approximate surface area is 183 Å². The Balaban J connectivity index is 1.44. The Kier molecular flexibility index (Phi) is 9.43. The Morgan fingerprint density at radius 1 is 1.23 bits per heavy atom. The lowest BCUT2D eigenvalue weighted by Gasteiger charge is -2.29. The molecule has 1 aromatic rings. The average molecular weight is 416 g/mol. The lowest BCUT2D eigenvalue weighted by atomic mass is 10.1. The first-order valence-corrected chi connectivity index (χ1v) is 11.7. The molecule has 0 amide bonds. The molecular weight excluding hydrogens is 374 g/mol. The summed E-state index contributed by atoms with van der Waals surface area (Å²) in [6.07, 6.45) is 2.33. The first kappa shape index (κ1) is 23.0. The van der Waals surface area contributed by atoms with Gasteiger partial charge in [0.1, 0.15) is 0 Å². The van der Waals surface area contributed by atoms with Crippen molar-refractivity contribution in [3.63, 3.8) is 0 Å². The first-order chi connectivity index (χ1) is 14.7. The Morgan fingerprint density at radius 3 is 2.73 bits per heavy atom. The second-order valence-electron chi connectivity index (χ2n) is 8.79. The minimum atomic E-state index is 0.504. The smallest absolute Gasteiger partial charge is 0.193 e. The molecular formula is C24H41N5O. The van der Waals surface area contributed by atoms with Crippen LogP contribution >= 0.6 is 0 Å². The lowest BCUT2D eigenvalue weighted by molar-refractivity contribution is 0.0315. The van der Waals surface area contributed by atoms with E-state index in [1.807, 2.05) is 0 Å².